The quantitative estimate of drug-likeness (QED) is 0.623. The van der Waals surface area contributed by atoms with Crippen LogP contribution in [-0.4, -0.2) is 35.0 Å². The van der Waals surface area contributed by atoms with Gasteiger partial charge in [0, 0.05) is 0 Å². The number of ether oxygens (including phenoxy) is 2. The lowest BCUT2D eigenvalue weighted by atomic mass is 10.1. The molecule has 0 radical (unpaired) electrons. The van der Waals surface area contributed by atoms with Gasteiger partial charge in [0.2, 0.25) is 0 Å². The van der Waals surface area contributed by atoms with Crippen LogP contribution in [0.5, 0.6) is 5.75 Å². The van der Waals surface area contributed by atoms with Crippen LogP contribution >= 0.6 is 7.60 Å². The van der Waals surface area contributed by atoms with E-state index in [0.717, 1.165) is 5.56 Å². The number of alkyl halides is 1. The summed E-state index contributed by atoms with van der Waals surface area (Å²) in [6, 6.07) is 5.97. The average Bonchev–Trinajstić information content (AvgIpc) is 2.50. The third-order valence-corrected chi connectivity index (χ3v) is 3.42. The van der Waals surface area contributed by atoms with Gasteiger partial charge in [0.25, 0.3) is 0 Å². The highest BCUT2D eigenvalue weighted by Crippen LogP contribution is 2.34. The first-order valence-corrected chi connectivity index (χ1v) is 8.85. The summed E-state index contributed by atoms with van der Waals surface area (Å²) in [7, 11) is -4.23. The first-order chi connectivity index (χ1) is 10.7. The number of rotatable bonds is 8. The molecule has 7 nitrogen and oxygen atoms in total. The van der Waals surface area contributed by atoms with Crippen LogP contribution in [-0.2, 0) is 9.30 Å². The Kier molecular flexibility index (Phi) is 7.48. The smallest absolute Gasteiger partial charge is 0.407 e. The second-order valence-corrected chi connectivity index (χ2v) is 6.56. The van der Waals surface area contributed by atoms with Crippen LogP contribution in [0, 0.1) is 0 Å². The van der Waals surface area contributed by atoms with E-state index in [9.17, 15) is 13.8 Å². The van der Waals surface area contributed by atoms with E-state index in [1.54, 1.807) is 26.0 Å². The molecule has 1 aromatic rings. The Hall–Kier alpha value is -1.63. The van der Waals surface area contributed by atoms with Crippen LogP contribution in [0.25, 0.3) is 0 Å². The lowest BCUT2D eigenvalue weighted by molar-refractivity contribution is 0.108. The molecule has 0 heterocycles. The number of alkyl carbamates (subject to hydrolysis) is 1. The molecule has 23 heavy (non-hydrogen) atoms. The van der Waals surface area contributed by atoms with Crippen LogP contribution < -0.4 is 10.1 Å². The predicted molar refractivity (Wildman–Crippen MR) is 82.1 cm³/mol. The molecule has 9 heteroatoms. The van der Waals surface area contributed by atoms with Crippen molar-refractivity contribution in [3.8, 4) is 5.75 Å². The average molecular weight is 349 g/mol. The number of halogens is 1. The highest BCUT2D eigenvalue weighted by molar-refractivity contribution is 7.51. The number of hydrogen-bond acceptors (Lipinski definition) is 4. The second-order valence-electron chi connectivity index (χ2n) is 4.98. The fraction of sp³-hybridized carbons (Fsp3) is 0.500. The summed E-state index contributed by atoms with van der Waals surface area (Å²) in [6.45, 7) is 3.09. The highest BCUT2D eigenvalue weighted by atomic mass is 31.2. The van der Waals surface area contributed by atoms with Crippen LogP contribution in [0.2, 0.25) is 0 Å². The van der Waals surface area contributed by atoms with Gasteiger partial charge < -0.3 is 24.6 Å². The summed E-state index contributed by atoms with van der Waals surface area (Å²) in [6.07, 6.45) is -2.32. The number of carbonyl (C=O) groups excluding carboxylic acids is 1. The fourth-order valence-electron chi connectivity index (χ4n) is 1.60. The van der Waals surface area contributed by atoms with Gasteiger partial charge in [-0.05, 0) is 31.0 Å². The molecule has 130 valence electrons. The molecular formula is C14H21FNO6P. The molecule has 0 fully saturated rings. The Morgan fingerprint density at radius 2 is 1.96 bits per heavy atom. The predicted octanol–water partition coefficient (Wildman–Crippen LogP) is 2.74. The van der Waals surface area contributed by atoms with E-state index in [0.29, 0.717) is 5.75 Å². The van der Waals surface area contributed by atoms with Gasteiger partial charge in [0.1, 0.15) is 18.5 Å². The molecule has 0 aromatic heterocycles. The summed E-state index contributed by atoms with van der Waals surface area (Å²) in [5, 5.41) is 2.56. The number of benzene rings is 1. The monoisotopic (exact) mass is 349 g/mol. The van der Waals surface area contributed by atoms with Crippen LogP contribution in [0.15, 0.2) is 24.3 Å². The van der Waals surface area contributed by atoms with Gasteiger partial charge in [-0.15, -0.1) is 0 Å². The lowest BCUT2D eigenvalue weighted by Crippen LogP contribution is -2.29. The Morgan fingerprint density at radius 1 is 1.35 bits per heavy atom. The van der Waals surface area contributed by atoms with Crippen LogP contribution in [0.4, 0.5) is 9.18 Å². The molecule has 0 aliphatic carbocycles. The molecule has 1 aromatic carbocycles. The molecule has 0 saturated carbocycles. The van der Waals surface area contributed by atoms with Crippen LogP contribution in [0.1, 0.15) is 31.9 Å². The third kappa shape index (κ3) is 7.97. The first kappa shape index (κ1) is 19.4. The van der Waals surface area contributed by atoms with Gasteiger partial charge in [-0.25, -0.2) is 9.18 Å². The Balaban J connectivity index is 2.49. The van der Waals surface area contributed by atoms with E-state index in [-0.39, 0.29) is 19.1 Å². The van der Waals surface area contributed by atoms with Gasteiger partial charge in [-0.3, -0.25) is 4.57 Å². The maximum absolute atomic E-state index is 13.0. The molecule has 1 rings (SSSR count). The number of hydrogen-bond donors (Lipinski definition) is 3. The molecule has 2 atom stereocenters. The van der Waals surface area contributed by atoms with Crippen molar-refractivity contribution in [2.45, 2.75) is 32.5 Å². The fourth-order valence-corrected chi connectivity index (χ4v) is 1.91. The van der Waals surface area contributed by atoms with Crippen molar-refractivity contribution >= 4 is 13.7 Å². The zero-order valence-corrected chi connectivity index (χ0v) is 13.8. The van der Waals surface area contributed by atoms with Crippen molar-refractivity contribution in [1.29, 1.82) is 0 Å². The number of nitrogens with one attached hydrogen (secondary N) is 1. The van der Waals surface area contributed by atoms with Crippen molar-refractivity contribution in [1.82, 2.24) is 5.32 Å². The van der Waals surface area contributed by atoms with Crippen molar-refractivity contribution in [3.63, 3.8) is 0 Å². The molecule has 1 amide bonds. The summed E-state index contributed by atoms with van der Waals surface area (Å²) >= 11 is 0. The van der Waals surface area contributed by atoms with Gasteiger partial charge >= 0.3 is 13.7 Å². The SMILES string of the molecule is CCC(F)COC(=O)NC(C)c1ccc(OCP(=O)(O)O)cc1. The minimum atomic E-state index is -4.23. The molecule has 2 unspecified atom stereocenters. The first-order valence-electron chi connectivity index (χ1n) is 7.06. The van der Waals surface area contributed by atoms with E-state index in [1.165, 1.54) is 12.1 Å². The molecule has 0 saturated heterocycles. The van der Waals surface area contributed by atoms with E-state index >= 15 is 0 Å². The summed E-state index contributed by atoms with van der Waals surface area (Å²) in [5.74, 6) is 0.301. The maximum Gasteiger partial charge on any atom is 0.407 e. The molecule has 0 bridgehead atoms. The van der Waals surface area contributed by atoms with Gasteiger partial charge in [0.05, 0.1) is 6.04 Å². The highest BCUT2D eigenvalue weighted by Gasteiger charge is 2.15. The Morgan fingerprint density at radius 3 is 2.48 bits per heavy atom. The zero-order chi connectivity index (χ0) is 17.5. The minimum Gasteiger partial charge on any atom is -0.481 e. The molecule has 0 aliphatic rings. The van der Waals surface area contributed by atoms with Crippen molar-refractivity contribution in [3.05, 3.63) is 29.8 Å². The maximum atomic E-state index is 13.0. The summed E-state index contributed by atoms with van der Waals surface area (Å²) < 4.78 is 33.4. The summed E-state index contributed by atoms with van der Waals surface area (Å²) in [5.41, 5.74) is 0.734. The Labute approximate surface area is 134 Å². The normalized spacial score (nSPS) is 14.0. The van der Waals surface area contributed by atoms with Gasteiger partial charge in [0.15, 0.2) is 6.35 Å². The molecule has 3 N–H and O–H groups in total. The third-order valence-electron chi connectivity index (χ3n) is 2.95. The van der Waals surface area contributed by atoms with Crippen molar-refractivity contribution in [2.24, 2.45) is 0 Å². The number of amides is 1. The van der Waals surface area contributed by atoms with E-state index in [1.807, 2.05) is 0 Å². The van der Waals surface area contributed by atoms with Crippen molar-refractivity contribution < 1.29 is 33.0 Å². The lowest BCUT2D eigenvalue weighted by Gasteiger charge is -2.15. The van der Waals surface area contributed by atoms with E-state index < -0.39 is 26.2 Å². The zero-order valence-electron chi connectivity index (χ0n) is 12.9. The number of carbonyl (C=O) groups is 1. The van der Waals surface area contributed by atoms with E-state index in [2.05, 4.69) is 5.32 Å². The van der Waals surface area contributed by atoms with Crippen LogP contribution in [0.3, 0.4) is 0 Å². The van der Waals surface area contributed by atoms with Gasteiger partial charge in [-0.2, -0.15) is 0 Å². The summed E-state index contributed by atoms with van der Waals surface area (Å²) in [4.78, 5) is 29.0. The van der Waals surface area contributed by atoms with E-state index in [4.69, 9.17) is 19.3 Å². The molecular weight excluding hydrogens is 328 g/mol. The Bertz CT molecular complexity index is 547. The minimum absolute atomic E-state index is 0.277. The standard InChI is InChI=1S/C14H21FNO6P/c1-3-12(15)8-21-14(17)16-10(2)11-4-6-13(7-5-11)22-9-23(18,19)20/h4-7,10,12H,3,8-9H2,1-2H3,(H,16,17)(H2,18,19,20). The molecule has 0 aliphatic heterocycles. The topological polar surface area (TPSA) is 105 Å². The van der Waals surface area contributed by atoms with Crippen molar-refractivity contribution in [2.75, 3.05) is 13.0 Å². The molecule has 0 spiro atoms. The largest absolute Gasteiger partial charge is 0.481 e. The second kappa shape index (κ2) is 8.86. The van der Waals surface area contributed by atoms with Gasteiger partial charge in [-0.1, -0.05) is 19.1 Å².